The molecule has 0 unspecified atom stereocenters. The number of ether oxygens (including phenoxy) is 2. The van der Waals surface area contributed by atoms with E-state index in [0.717, 1.165) is 93.0 Å². The fourth-order valence-electron chi connectivity index (χ4n) is 6.89. The molecule has 1 saturated heterocycles. The molecule has 2 heterocycles. The van der Waals surface area contributed by atoms with E-state index < -0.39 is 0 Å². The SMILES string of the molecule is CNC(=O)c1ccc2c(c1)N(C[C@@H]1CC[C@H]1[C@]1(/C=C/C[C@H](C)[C@@H](C)C=O)CNCCO1)CCCCc1cc(Cl)ccc1CO2. The second kappa shape index (κ2) is 14.9. The van der Waals surface area contributed by atoms with Crippen LogP contribution in [0, 0.1) is 23.7 Å². The van der Waals surface area contributed by atoms with Crippen LogP contribution in [0.25, 0.3) is 0 Å². The van der Waals surface area contributed by atoms with Crippen LogP contribution in [0.3, 0.4) is 0 Å². The zero-order valence-corrected chi connectivity index (χ0v) is 27.2. The standard InChI is InChI=1S/C36H48ClN3O4/c1-25(26(2)22-41)7-6-15-36(24-39-16-18-44-36)32-13-10-29(32)21-40-17-5-4-8-27-19-31(37)12-9-30(27)23-43-34-14-11-28(20-33(34)40)35(42)38-3/h6,9,11-12,14-15,19-20,22,25-26,29,32,39H,4-5,7-8,10,13,16-18,21,23-24H2,1-3H3,(H,38,42)/b15-6+/t25-,26-,29-,32+,36-/m0/s1. The van der Waals surface area contributed by atoms with Crippen LogP contribution < -0.4 is 20.3 Å². The van der Waals surface area contributed by atoms with Gasteiger partial charge in [-0.25, -0.2) is 0 Å². The number of hydrogen-bond acceptors (Lipinski definition) is 6. The summed E-state index contributed by atoms with van der Waals surface area (Å²) in [5.74, 6) is 1.83. The van der Waals surface area contributed by atoms with Crippen molar-refractivity contribution in [3.63, 3.8) is 0 Å². The number of carbonyl (C=O) groups is 2. The molecule has 8 heteroatoms. The summed E-state index contributed by atoms with van der Waals surface area (Å²) in [4.78, 5) is 26.5. The van der Waals surface area contributed by atoms with Crippen LogP contribution in [0.2, 0.25) is 5.02 Å². The Balaban J connectivity index is 1.41. The Kier molecular flexibility index (Phi) is 11.0. The highest BCUT2D eigenvalue weighted by molar-refractivity contribution is 6.30. The van der Waals surface area contributed by atoms with E-state index in [1.54, 1.807) is 7.05 Å². The van der Waals surface area contributed by atoms with Crippen LogP contribution in [-0.4, -0.2) is 57.6 Å². The van der Waals surface area contributed by atoms with E-state index in [4.69, 9.17) is 21.1 Å². The maximum Gasteiger partial charge on any atom is 0.251 e. The summed E-state index contributed by atoms with van der Waals surface area (Å²) in [5, 5.41) is 7.12. The molecule has 2 aromatic carbocycles. The van der Waals surface area contributed by atoms with Crippen molar-refractivity contribution in [2.75, 3.05) is 44.7 Å². The number of fused-ring (bicyclic) bond motifs is 2. The van der Waals surface area contributed by atoms with Gasteiger partial charge in [-0.3, -0.25) is 4.79 Å². The topological polar surface area (TPSA) is 79.9 Å². The second-order valence-corrected chi connectivity index (χ2v) is 13.3. The lowest BCUT2D eigenvalue weighted by atomic mass is 9.63. The number of rotatable bonds is 9. The second-order valence-electron chi connectivity index (χ2n) is 12.9. The first-order valence-electron chi connectivity index (χ1n) is 16.3. The minimum Gasteiger partial charge on any atom is -0.487 e. The van der Waals surface area contributed by atoms with Crippen molar-refractivity contribution in [1.29, 1.82) is 0 Å². The predicted octanol–water partition coefficient (Wildman–Crippen LogP) is 6.22. The third-order valence-electron chi connectivity index (χ3n) is 10.0. The summed E-state index contributed by atoms with van der Waals surface area (Å²) in [5.41, 5.74) is 3.63. The lowest BCUT2D eigenvalue weighted by molar-refractivity contribution is -0.112. The summed E-state index contributed by atoms with van der Waals surface area (Å²) in [6, 6.07) is 11.8. The Hall–Kier alpha value is -2.87. The van der Waals surface area contributed by atoms with Gasteiger partial charge >= 0.3 is 0 Å². The zero-order valence-electron chi connectivity index (χ0n) is 26.4. The number of nitrogens with one attached hydrogen (secondary N) is 2. The van der Waals surface area contributed by atoms with E-state index >= 15 is 0 Å². The first-order chi connectivity index (χ1) is 21.3. The van der Waals surface area contributed by atoms with Gasteiger partial charge in [0.2, 0.25) is 0 Å². The number of carbonyl (C=O) groups excluding carboxylic acids is 2. The monoisotopic (exact) mass is 621 g/mol. The van der Waals surface area contributed by atoms with Crippen LogP contribution in [0.4, 0.5) is 5.69 Å². The van der Waals surface area contributed by atoms with E-state index in [1.165, 1.54) is 5.56 Å². The quantitative estimate of drug-likeness (QED) is 0.256. The number of amides is 1. The maximum atomic E-state index is 12.7. The van der Waals surface area contributed by atoms with Crippen LogP contribution in [-0.2, 0) is 22.6 Å². The van der Waals surface area contributed by atoms with E-state index in [2.05, 4.69) is 46.7 Å². The highest BCUT2D eigenvalue weighted by Crippen LogP contribution is 2.46. The fourth-order valence-corrected chi connectivity index (χ4v) is 7.08. The van der Waals surface area contributed by atoms with Gasteiger partial charge < -0.3 is 29.8 Å². The average Bonchev–Trinajstić information content (AvgIpc) is 3.05. The number of nitrogens with zero attached hydrogens (tertiary/aromatic N) is 1. The van der Waals surface area contributed by atoms with E-state index in [1.807, 2.05) is 31.2 Å². The summed E-state index contributed by atoms with van der Waals surface area (Å²) >= 11 is 6.36. The van der Waals surface area contributed by atoms with Gasteiger partial charge in [0.05, 0.1) is 12.3 Å². The van der Waals surface area contributed by atoms with Crippen molar-refractivity contribution in [1.82, 2.24) is 10.6 Å². The summed E-state index contributed by atoms with van der Waals surface area (Å²) in [7, 11) is 1.67. The molecule has 2 aromatic rings. The van der Waals surface area contributed by atoms with E-state index in [9.17, 15) is 9.59 Å². The molecule has 0 bridgehead atoms. The van der Waals surface area contributed by atoms with E-state index in [-0.39, 0.29) is 17.4 Å². The smallest absolute Gasteiger partial charge is 0.251 e. The lowest BCUT2D eigenvalue weighted by Crippen LogP contribution is -2.59. The van der Waals surface area contributed by atoms with Gasteiger partial charge in [0, 0.05) is 49.7 Å². The Morgan fingerprint density at radius 3 is 2.77 bits per heavy atom. The Morgan fingerprint density at radius 2 is 2.05 bits per heavy atom. The van der Waals surface area contributed by atoms with Crippen LogP contribution >= 0.6 is 11.6 Å². The van der Waals surface area contributed by atoms with Gasteiger partial charge in [-0.05, 0) is 97.7 Å². The van der Waals surface area contributed by atoms with E-state index in [0.29, 0.717) is 36.5 Å². The van der Waals surface area contributed by atoms with Gasteiger partial charge in [-0.1, -0.05) is 43.7 Å². The molecule has 2 aliphatic heterocycles. The number of halogens is 1. The number of benzene rings is 2. The maximum absolute atomic E-state index is 12.7. The molecule has 238 valence electrons. The third kappa shape index (κ3) is 7.49. The minimum atomic E-state index is -0.357. The summed E-state index contributed by atoms with van der Waals surface area (Å²) in [6.07, 6.45) is 11.7. The van der Waals surface area contributed by atoms with Crippen molar-refractivity contribution < 1.29 is 19.1 Å². The normalized spacial score (nSPS) is 25.4. The molecular formula is C36H48ClN3O4. The first-order valence-corrected chi connectivity index (χ1v) is 16.7. The number of hydrogen-bond donors (Lipinski definition) is 2. The lowest BCUT2D eigenvalue weighted by Gasteiger charge is -2.51. The molecule has 44 heavy (non-hydrogen) atoms. The Morgan fingerprint density at radius 1 is 1.18 bits per heavy atom. The molecule has 2 fully saturated rings. The molecule has 1 aliphatic carbocycles. The molecule has 0 spiro atoms. The van der Waals surface area contributed by atoms with Crippen LogP contribution in [0.1, 0.15) is 67.4 Å². The molecule has 3 aliphatic rings. The van der Waals surface area contributed by atoms with Gasteiger partial charge in [-0.2, -0.15) is 0 Å². The van der Waals surface area contributed by atoms with Crippen LogP contribution in [0.5, 0.6) is 5.75 Å². The zero-order chi connectivity index (χ0) is 31.1. The fraction of sp³-hybridized carbons (Fsp3) is 0.556. The molecule has 0 radical (unpaired) electrons. The highest BCUT2D eigenvalue weighted by atomic mass is 35.5. The van der Waals surface area contributed by atoms with Gasteiger partial charge in [-0.15, -0.1) is 0 Å². The van der Waals surface area contributed by atoms with Crippen LogP contribution in [0.15, 0.2) is 48.6 Å². The molecular weight excluding hydrogens is 574 g/mol. The van der Waals surface area contributed by atoms with Crippen molar-refractivity contribution in [2.24, 2.45) is 23.7 Å². The highest BCUT2D eigenvalue weighted by Gasteiger charge is 2.48. The number of morpholine rings is 1. The molecule has 0 aromatic heterocycles. The van der Waals surface area contributed by atoms with Gasteiger partial charge in [0.15, 0.2) is 0 Å². The van der Waals surface area contributed by atoms with Gasteiger partial charge in [0.25, 0.3) is 5.91 Å². The molecule has 5 rings (SSSR count). The minimum absolute atomic E-state index is 0.0359. The van der Waals surface area contributed by atoms with Crippen molar-refractivity contribution in [2.45, 2.75) is 64.6 Å². The summed E-state index contributed by atoms with van der Waals surface area (Å²) in [6.45, 7) is 8.66. The number of aryl methyl sites for hydroxylation is 1. The predicted molar refractivity (Wildman–Crippen MR) is 177 cm³/mol. The molecule has 1 saturated carbocycles. The van der Waals surface area contributed by atoms with Crippen molar-refractivity contribution >= 4 is 29.5 Å². The molecule has 7 nitrogen and oxygen atoms in total. The van der Waals surface area contributed by atoms with Crippen molar-refractivity contribution in [3.8, 4) is 5.75 Å². The average molecular weight is 622 g/mol. The first kappa shape index (κ1) is 32.5. The number of aldehydes is 1. The van der Waals surface area contributed by atoms with Gasteiger partial charge in [0.1, 0.15) is 24.2 Å². The van der Waals surface area contributed by atoms with Crippen molar-refractivity contribution in [3.05, 3.63) is 70.3 Å². The molecule has 1 amide bonds. The molecule has 2 N–H and O–H groups in total. The largest absolute Gasteiger partial charge is 0.487 e. The summed E-state index contributed by atoms with van der Waals surface area (Å²) < 4.78 is 13.1. The Bertz CT molecular complexity index is 1320. The number of anilines is 1. The third-order valence-corrected chi connectivity index (χ3v) is 10.3. The molecule has 5 atom stereocenters. The Labute approximate surface area is 267 Å². The number of allylic oxidation sites excluding steroid dienone is 1.